The molecule has 2 aromatic carbocycles. The standard InChI is InChI=1S/C23H21N3O/c1-16(2)19-10-6-7-11-20(19)25-23(27)18-12-13-26-15-21(24-22(26)14-18)17-8-4-3-5-9-17/h3-16H,1-2H3,(H,25,27). The van der Waals surface area contributed by atoms with Gasteiger partial charge in [0.2, 0.25) is 0 Å². The van der Waals surface area contributed by atoms with Gasteiger partial charge in [0, 0.05) is 29.2 Å². The van der Waals surface area contributed by atoms with Crippen molar-refractivity contribution in [3.8, 4) is 11.3 Å². The number of pyridine rings is 1. The molecule has 2 heterocycles. The van der Waals surface area contributed by atoms with Crippen molar-refractivity contribution in [2.45, 2.75) is 19.8 Å². The SMILES string of the molecule is CC(C)c1ccccc1NC(=O)c1ccn2cc(-c3ccccc3)nc2c1. The summed E-state index contributed by atoms with van der Waals surface area (Å²) < 4.78 is 1.93. The summed E-state index contributed by atoms with van der Waals surface area (Å²) in [7, 11) is 0. The first kappa shape index (κ1) is 17.0. The second-order valence-electron chi connectivity index (χ2n) is 6.87. The Hall–Kier alpha value is -3.40. The van der Waals surface area contributed by atoms with Gasteiger partial charge in [-0.1, -0.05) is 62.4 Å². The van der Waals surface area contributed by atoms with Gasteiger partial charge in [-0.05, 0) is 29.7 Å². The topological polar surface area (TPSA) is 46.4 Å². The average molecular weight is 355 g/mol. The predicted octanol–water partition coefficient (Wildman–Crippen LogP) is 5.38. The second kappa shape index (κ2) is 7.08. The highest BCUT2D eigenvalue weighted by atomic mass is 16.1. The van der Waals surface area contributed by atoms with E-state index in [1.807, 2.05) is 83.5 Å². The molecule has 0 saturated carbocycles. The summed E-state index contributed by atoms with van der Waals surface area (Å²) in [6.07, 6.45) is 3.85. The maximum Gasteiger partial charge on any atom is 0.255 e. The Morgan fingerprint density at radius 2 is 1.74 bits per heavy atom. The number of imidazole rings is 1. The van der Waals surface area contributed by atoms with Gasteiger partial charge in [-0.2, -0.15) is 0 Å². The van der Waals surface area contributed by atoms with E-state index in [1.54, 1.807) is 0 Å². The Kier molecular flexibility index (Phi) is 4.47. The highest BCUT2D eigenvalue weighted by Gasteiger charge is 2.12. The predicted molar refractivity (Wildman–Crippen MR) is 109 cm³/mol. The van der Waals surface area contributed by atoms with Gasteiger partial charge in [0.25, 0.3) is 5.91 Å². The highest BCUT2D eigenvalue weighted by molar-refractivity contribution is 6.05. The van der Waals surface area contributed by atoms with Crippen LogP contribution in [-0.2, 0) is 0 Å². The second-order valence-corrected chi connectivity index (χ2v) is 6.87. The third-order valence-corrected chi connectivity index (χ3v) is 4.62. The number of anilines is 1. The first-order chi connectivity index (χ1) is 13.1. The fourth-order valence-corrected chi connectivity index (χ4v) is 3.18. The fraction of sp³-hybridized carbons (Fsp3) is 0.130. The Bertz CT molecular complexity index is 1100. The van der Waals surface area contributed by atoms with Gasteiger partial charge in [0.05, 0.1) is 5.69 Å². The zero-order chi connectivity index (χ0) is 18.8. The molecule has 0 fully saturated rings. The van der Waals surface area contributed by atoms with Crippen molar-refractivity contribution < 1.29 is 4.79 Å². The van der Waals surface area contributed by atoms with Crippen LogP contribution in [0.1, 0.15) is 35.7 Å². The molecule has 0 atom stereocenters. The van der Waals surface area contributed by atoms with Crippen LogP contribution in [0.3, 0.4) is 0 Å². The Labute approximate surface area is 158 Å². The lowest BCUT2D eigenvalue weighted by Gasteiger charge is -2.13. The summed E-state index contributed by atoms with van der Waals surface area (Å²) in [6, 6.07) is 21.6. The van der Waals surface area contributed by atoms with E-state index in [4.69, 9.17) is 0 Å². The molecule has 4 nitrogen and oxygen atoms in total. The van der Waals surface area contributed by atoms with E-state index >= 15 is 0 Å². The molecule has 1 N–H and O–H groups in total. The van der Waals surface area contributed by atoms with Gasteiger partial charge < -0.3 is 9.72 Å². The average Bonchev–Trinajstić information content (AvgIpc) is 3.12. The quantitative estimate of drug-likeness (QED) is 0.534. The molecular weight excluding hydrogens is 334 g/mol. The molecule has 0 unspecified atom stereocenters. The van der Waals surface area contributed by atoms with Crippen molar-refractivity contribution in [1.82, 2.24) is 9.38 Å². The minimum Gasteiger partial charge on any atom is -0.322 e. The van der Waals surface area contributed by atoms with Crippen LogP contribution in [-0.4, -0.2) is 15.3 Å². The zero-order valence-corrected chi connectivity index (χ0v) is 15.4. The summed E-state index contributed by atoms with van der Waals surface area (Å²) in [5.74, 6) is 0.208. The summed E-state index contributed by atoms with van der Waals surface area (Å²) in [4.78, 5) is 17.4. The van der Waals surface area contributed by atoms with E-state index in [2.05, 4.69) is 24.1 Å². The number of benzene rings is 2. The van der Waals surface area contributed by atoms with Gasteiger partial charge in [-0.15, -0.1) is 0 Å². The lowest BCUT2D eigenvalue weighted by atomic mass is 10.0. The Morgan fingerprint density at radius 1 is 1.00 bits per heavy atom. The van der Waals surface area contributed by atoms with Crippen LogP contribution in [0, 0.1) is 0 Å². The first-order valence-corrected chi connectivity index (χ1v) is 9.06. The van der Waals surface area contributed by atoms with Crippen LogP contribution in [0.4, 0.5) is 5.69 Å². The number of nitrogens with zero attached hydrogens (tertiary/aromatic N) is 2. The monoisotopic (exact) mass is 355 g/mol. The smallest absolute Gasteiger partial charge is 0.255 e. The van der Waals surface area contributed by atoms with E-state index < -0.39 is 0 Å². The van der Waals surface area contributed by atoms with Gasteiger partial charge in [-0.3, -0.25) is 4.79 Å². The van der Waals surface area contributed by atoms with Crippen LogP contribution in [0.25, 0.3) is 16.9 Å². The largest absolute Gasteiger partial charge is 0.322 e. The number of nitrogens with one attached hydrogen (secondary N) is 1. The number of fused-ring (bicyclic) bond motifs is 1. The number of rotatable bonds is 4. The summed E-state index contributed by atoms with van der Waals surface area (Å²) in [5.41, 5.74) is 5.26. The molecule has 4 rings (SSSR count). The molecule has 1 amide bonds. The third-order valence-electron chi connectivity index (χ3n) is 4.62. The summed E-state index contributed by atoms with van der Waals surface area (Å²) in [6.45, 7) is 4.24. The molecule has 0 saturated heterocycles. The lowest BCUT2D eigenvalue weighted by Crippen LogP contribution is -2.14. The summed E-state index contributed by atoms with van der Waals surface area (Å²) in [5, 5.41) is 3.04. The van der Waals surface area contributed by atoms with Crippen molar-refractivity contribution in [2.75, 3.05) is 5.32 Å². The van der Waals surface area contributed by atoms with Gasteiger partial charge in [0.15, 0.2) is 0 Å². The number of carbonyl (C=O) groups excluding carboxylic acids is 1. The molecule has 27 heavy (non-hydrogen) atoms. The molecule has 0 aliphatic carbocycles. The number of aromatic nitrogens is 2. The number of hydrogen-bond acceptors (Lipinski definition) is 2. The number of amides is 1. The number of carbonyl (C=O) groups is 1. The van der Waals surface area contributed by atoms with Gasteiger partial charge in [0.1, 0.15) is 5.65 Å². The lowest BCUT2D eigenvalue weighted by molar-refractivity contribution is 0.102. The highest BCUT2D eigenvalue weighted by Crippen LogP contribution is 2.24. The van der Waals surface area contributed by atoms with Gasteiger partial charge >= 0.3 is 0 Å². The van der Waals surface area contributed by atoms with E-state index in [0.717, 1.165) is 28.2 Å². The van der Waals surface area contributed by atoms with Crippen LogP contribution < -0.4 is 5.32 Å². The molecule has 134 valence electrons. The van der Waals surface area contributed by atoms with Crippen molar-refractivity contribution in [3.63, 3.8) is 0 Å². The molecule has 0 radical (unpaired) electrons. The molecule has 0 bridgehead atoms. The maximum absolute atomic E-state index is 12.8. The summed E-state index contributed by atoms with van der Waals surface area (Å²) >= 11 is 0. The Balaban J connectivity index is 1.63. The van der Waals surface area contributed by atoms with Crippen LogP contribution in [0.15, 0.2) is 79.1 Å². The van der Waals surface area contributed by atoms with E-state index in [-0.39, 0.29) is 5.91 Å². The van der Waals surface area contributed by atoms with Crippen LogP contribution in [0.2, 0.25) is 0 Å². The zero-order valence-electron chi connectivity index (χ0n) is 15.4. The van der Waals surface area contributed by atoms with Crippen LogP contribution in [0.5, 0.6) is 0 Å². The van der Waals surface area contributed by atoms with Crippen molar-refractivity contribution >= 4 is 17.2 Å². The van der Waals surface area contributed by atoms with E-state index in [9.17, 15) is 4.79 Å². The molecule has 0 aliphatic rings. The minimum absolute atomic E-state index is 0.130. The van der Waals surface area contributed by atoms with Crippen molar-refractivity contribution in [1.29, 1.82) is 0 Å². The fourth-order valence-electron chi connectivity index (χ4n) is 3.18. The number of para-hydroxylation sites is 1. The van der Waals surface area contributed by atoms with E-state index in [1.165, 1.54) is 0 Å². The van der Waals surface area contributed by atoms with Gasteiger partial charge in [-0.25, -0.2) is 4.98 Å². The third kappa shape index (κ3) is 3.47. The molecule has 4 aromatic rings. The first-order valence-electron chi connectivity index (χ1n) is 9.06. The minimum atomic E-state index is -0.130. The van der Waals surface area contributed by atoms with Crippen LogP contribution >= 0.6 is 0 Å². The molecule has 0 aliphatic heterocycles. The normalized spacial score (nSPS) is 11.1. The molecule has 2 aromatic heterocycles. The maximum atomic E-state index is 12.8. The number of hydrogen-bond donors (Lipinski definition) is 1. The molecular formula is C23H21N3O. The molecule has 4 heteroatoms. The molecule has 0 spiro atoms. The van der Waals surface area contributed by atoms with Crippen molar-refractivity contribution in [3.05, 3.63) is 90.3 Å². The Morgan fingerprint density at radius 3 is 2.52 bits per heavy atom. The van der Waals surface area contributed by atoms with E-state index in [0.29, 0.717) is 11.5 Å². The van der Waals surface area contributed by atoms with Crippen molar-refractivity contribution in [2.24, 2.45) is 0 Å².